The molecule has 6 nitrogen and oxygen atoms in total. The summed E-state index contributed by atoms with van der Waals surface area (Å²) in [5.74, 6) is -0.0262. The monoisotopic (exact) mass is 376 g/mol. The van der Waals surface area contributed by atoms with E-state index in [9.17, 15) is 22.8 Å². The Bertz CT molecular complexity index is 602. The van der Waals surface area contributed by atoms with E-state index in [4.69, 9.17) is 0 Å². The molecule has 1 aliphatic rings. The second-order valence-electron chi connectivity index (χ2n) is 5.37. The van der Waals surface area contributed by atoms with E-state index in [0.29, 0.717) is 37.7 Å². The predicted octanol–water partition coefficient (Wildman–Crippen LogP) is 2.07. The molecule has 2 rings (SSSR count). The molecular weight excluding hydrogens is 357 g/mol. The van der Waals surface area contributed by atoms with E-state index in [-0.39, 0.29) is 17.7 Å². The van der Waals surface area contributed by atoms with Crippen LogP contribution < -0.4 is 5.32 Å². The van der Waals surface area contributed by atoms with Crippen molar-refractivity contribution in [2.75, 3.05) is 38.5 Å². The first-order valence-electron chi connectivity index (χ1n) is 7.78. The molecule has 3 amide bonds. The third kappa shape index (κ3) is 5.52. The van der Waals surface area contributed by atoms with Crippen LogP contribution in [0.25, 0.3) is 0 Å². The Labute approximate surface area is 147 Å². The first kappa shape index (κ1) is 19.4. The van der Waals surface area contributed by atoms with Crippen molar-refractivity contribution in [1.82, 2.24) is 20.1 Å². The summed E-state index contributed by atoms with van der Waals surface area (Å²) in [6.07, 6.45) is -3.66. The van der Waals surface area contributed by atoms with Crippen molar-refractivity contribution in [2.24, 2.45) is 0 Å². The van der Waals surface area contributed by atoms with Crippen LogP contribution in [-0.4, -0.2) is 65.2 Å². The van der Waals surface area contributed by atoms with Gasteiger partial charge in [-0.05, 0) is 19.1 Å². The molecule has 1 aromatic rings. The fraction of sp³-hybridized carbons (Fsp3) is 0.533. The molecular formula is C15H19F3N4O2S. The quantitative estimate of drug-likeness (QED) is 0.817. The molecule has 2 heterocycles. The number of hydrogen-bond acceptors (Lipinski definition) is 4. The summed E-state index contributed by atoms with van der Waals surface area (Å²) in [5.41, 5.74) is -0.815. The van der Waals surface area contributed by atoms with Crippen molar-refractivity contribution in [1.29, 1.82) is 0 Å². The van der Waals surface area contributed by atoms with Crippen molar-refractivity contribution >= 4 is 23.7 Å². The Balaban J connectivity index is 1.78. The second kappa shape index (κ2) is 8.41. The molecule has 0 saturated carbocycles. The van der Waals surface area contributed by atoms with Gasteiger partial charge >= 0.3 is 12.2 Å². The Morgan fingerprint density at radius 3 is 2.36 bits per heavy atom. The van der Waals surface area contributed by atoms with Gasteiger partial charge in [0.25, 0.3) is 0 Å². The van der Waals surface area contributed by atoms with E-state index in [0.717, 1.165) is 24.0 Å². The number of aromatic nitrogens is 1. The Morgan fingerprint density at radius 1 is 1.20 bits per heavy atom. The van der Waals surface area contributed by atoms with Crippen molar-refractivity contribution in [2.45, 2.75) is 18.1 Å². The van der Waals surface area contributed by atoms with E-state index in [1.165, 1.54) is 6.07 Å². The third-order valence-electron chi connectivity index (χ3n) is 3.65. The number of rotatable bonds is 4. The molecule has 0 unspecified atom stereocenters. The van der Waals surface area contributed by atoms with Gasteiger partial charge in [-0.1, -0.05) is 11.8 Å². The highest BCUT2D eigenvalue weighted by atomic mass is 32.2. The first-order valence-corrected chi connectivity index (χ1v) is 8.76. The van der Waals surface area contributed by atoms with Gasteiger partial charge in [0.1, 0.15) is 0 Å². The fourth-order valence-corrected chi connectivity index (χ4v) is 3.03. The Hall–Kier alpha value is -1.97. The summed E-state index contributed by atoms with van der Waals surface area (Å²) in [6.45, 7) is 4.19. The summed E-state index contributed by atoms with van der Waals surface area (Å²) in [4.78, 5) is 30.9. The number of carbonyl (C=O) groups is 2. The van der Waals surface area contributed by atoms with E-state index in [1.807, 2.05) is 6.92 Å². The predicted molar refractivity (Wildman–Crippen MR) is 87.2 cm³/mol. The number of alkyl halides is 3. The number of thioether (sulfide) groups is 1. The maximum atomic E-state index is 12.5. The van der Waals surface area contributed by atoms with Crippen LogP contribution in [0.15, 0.2) is 23.4 Å². The molecule has 1 saturated heterocycles. The van der Waals surface area contributed by atoms with Gasteiger partial charge in [-0.2, -0.15) is 13.2 Å². The molecule has 0 radical (unpaired) electrons. The lowest BCUT2D eigenvalue weighted by molar-refractivity contribution is -0.138. The highest BCUT2D eigenvalue weighted by Crippen LogP contribution is 2.29. The largest absolute Gasteiger partial charge is 0.417 e. The summed E-state index contributed by atoms with van der Waals surface area (Å²) in [5, 5.41) is 3.08. The van der Waals surface area contributed by atoms with Gasteiger partial charge < -0.3 is 15.1 Å². The number of nitrogens with zero attached hydrogens (tertiary/aromatic N) is 3. The van der Waals surface area contributed by atoms with Crippen molar-refractivity contribution < 1.29 is 22.8 Å². The molecule has 1 fully saturated rings. The zero-order chi connectivity index (χ0) is 18.4. The van der Waals surface area contributed by atoms with Crippen molar-refractivity contribution in [3.8, 4) is 0 Å². The highest BCUT2D eigenvalue weighted by molar-refractivity contribution is 7.99. The topological polar surface area (TPSA) is 65.5 Å². The molecule has 138 valence electrons. The normalized spacial score (nSPS) is 15.2. The SMILES string of the molecule is CCNC(=O)N1CCN(C(=O)CSc2ccc(C(F)(F)F)cn2)CC1. The smallest absolute Gasteiger partial charge is 0.338 e. The first-order chi connectivity index (χ1) is 11.8. The number of halogens is 3. The lowest BCUT2D eigenvalue weighted by Gasteiger charge is -2.34. The van der Waals surface area contributed by atoms with Gasteiger partial charge in [-0.15, -0.1) is 0 Å². The molecule has 1 N–H and O–H groups in total. The van der Waals surface area contributed by atoms with Crippen LogP contribution in [0.5, 0.6) is 0 Å². The van der Waals surface area contributed by atoms with Crippen LogP contribution in [0.3, 0.4) is 0 Å². The molecule has 25 heavy (non-hydrogen) atoms. The standard InChI is InChI=1S/C15H19F3N4O2S/c1-2-19-14(24)22-7-5-21(6-8-22)13(23)10-25-12-4-3-11(9-20-12)15(16,17)18/h3-4,9H,2,5-8,10H2,1H3,(H,19,24). The van der Waals surface area contributed by atoms with Crippen LogP contribution in [0, 0.1) is 0 Å². The summed E-state index contributed by atoms with van der Waals surface area (Å²) < 4.78 is 37.4. The number of amides is 3. The van der Waals surface area contributed by atoms with E-state index < -0.39 is 11.7 Å². The van der Waals surface area contributed by atoms with Crippen LogP contribution in [-0.2, 0) is 11.0 Å². The number of hydrogen-bond donors (Lipinski definition) is 1. The minimum atomic E-state index is -4.42. The number of carbonyl (C=O) groups excluding carboxylic acids is 2. The van der Waals surface area contributed by atoms with E-state index >= 15 is 0 Å². The van der Waals surface area contributed by atoms with Crippen LogP contribution >= 0.6 is 11.8 Å². The van der Waals surface area contributed by atoms with Gasteiger partial charge in [0, 0.05) is 38.9 Å². The molecule has 10 heteroatoms. The van der Waals surface area contributed by atoms with Crippen molar-refractivity contribution in [3.05, 3.63) is 23.9 Å². The molecule has 0 bridgehead atoms. The molecule has 1 aromatic heterocycles. The summed E-state index contributed by atoms with van der Waals surface area (Å²) in [7, 11) is 0. The number of pyridine rings is 1. The zero-order valence-corrected chi connectivity index (χ0v) is 14.5. The number of urea groups is 1. The molecule has 0 atom stereocenters. The fourth-order valence-electron chi connectivity index (χ4n) is 2.28. The van der Waals surface area contributed by atoms with E-state index in [2.05, 4.69) is 10.3 Å². The molecule has 0 aliphatic carbocycles. The van der Waals surface area contributed by atoms with Gasteiger partial charge in [0.15, 0.2) is 0 Å². The Kier molecular flexibility index (Phi) is 6.51. The average molecular weight is 376 g/mol. The van der Waals surface area contributed by atoms with Gasteiger partial charge in [0.05, 0.1) is 16.3 Å². The minimum absolute atomic E-state index is 0.0967. The van der Waals surface area contributed by atoms with Crippen LogP contribution in [0.2, 0.25) is 0 Å². The highest BCUT2D eigenvalue weighted by Gasteiger charge is 2.30. The van der Waals surface area contributed by atoms with Crippen molar-refractivity contribution in [3.63, 3.8) is 0 Å². The van der Waals surface area contributed by atoms with Gasteiger partial charge in [-0.3, -0.25) is 4.79 Å². The average Bonchev–Trinajstić information content (AvgIpc) is 2.59. The van der Waals surface area contributed by atoms with E-state index in [1.54, 1.807) is 9.80 Å². The van der Waals surface area contributed by atoms with Crippen LogP contribution in [0.4, 0.5) is 18.0 Å². The maximum absolute atomic E-state index is 12.5. The molecule has 1 aliphatic heterocycles. The summed E-state index contributed by atoms with van der Waals surface area (Å²) in [6, 6.07) is 2.07. The lowest BCUT2D eigenvalue weighted by Crippen LogP contribution is -2.53. The minimum Gasteiger partial charge on any atom is -0.338 e. The van der Waals surface area contributed by atoms with Crippen LogP contribution in [0.1, 0.15) is 12.5 Å². The summed E-state index contributed by atoms with van der Waals surface area (Å²) >= 11 is 1.09. The lowest BCUT2D eigenvalue weighted by atomic mass is 10.3. The number of piperazine rings is 1. The van der Waals surface area contributed by atoms with Gasteiger partial charge in [-0.25, -0.2) is 9.78 Å². The maximum Gasteiger partial charge on any atom is 0.417 e. The molecule has 0 spiro atoms. The number of nitrogens with one attached hydrogen (secondary N) is 1. The second-order valence-corrected chi connectivity index (χ2v) is 6.37. The molecule has 0 aromatic carbocycles. The Morgan fingerprint density at radius 2 is 1.84 bits per heavy atom. The third-order valence-corrected chi connectivity index (χ3v) is 4.58. The van der Waals surface area contributed by atoms with Gasteiger partial charge in [0.2, 0.25) is 5.91 Å². The zero-order valence-electron chi connectivity index (χ0n) is 13.7.